The SMILES string of the molecule is N[C@@H](CC(=O)N1CCC[C@H]1CNC(=O)c1ccccc1)Cc1ccccc1Cl. The smallest absolute Gasteiger partial charge is 0.251 e. The number of carbonyl (C=O) groups is 2. The van der Waals surface area contributed by atoms with Gasteiger partial charge in [-0.1, -0.05) is 48.0 Å². The summed E-state index contributed by atoms with van der Waals surface area (Å²) in [6.07, 6.45) is 2.67. The third-order valence-corrected chi connectivity index (χ3v) is 5.48. The Morgan fingerprint density at radius 3 is 2.61 bits per heavy atom. The summed E-state index contributed by atoms with van der Waals surface area (Å²) in [7, 11) is 0. The number of likely N-dealkylation sites (tertiary alicyclic amines) is 1. The van der Waals surface area contributed by atoms with Crippen molar-refractivity contribution in [2.24, 2.45) is 5.73 Å². The van der Waals surface area contributed by atoms with E-state index in [2.05, 4.69) is 5.32 Å². The number of carbonyl (C=O) groups excluding carboxylic acids is 2. The topological polar surface area (TPSA) is 75.4 Å². The Hall–Kier alpha value is -2.37. The quantitative estimate of drug-likeness (QED) is 0.751. The second kappa shape index (κ2) is 9.71. The molecule has 3 N–H and O–H groups in total. The van der Waals surface area contributed by atoms with E-state index < -0.39 is 0 Å². The molecule has 1 aliphatic heterocycles. The molecular formula is C22H26ClN3O2. The lowest BCUT2D eigenvalue weighted by atomic mass is 10.0. The Kier molecular flexibility index (Phi) is 7.06. The van der Waals surface area contributed by atoms with Crippen LogP contribution >= 0.6 is 11.6 Å². The largest absolute Gasteiger partial charge is 0.350 e. The van der Waals surface area contributed by atoms with Crippen LogP contribution in [0.3, 0.4) is 0 Å². The summed E-state index contributed by atoms with van der Waals surface area (Å²) in [6.45, 7) is 1.17. The maximum Gasteiger partial charge on any atom is 0.251 e. The fraction of sp³-hybridized carbons (Fsp3) is 0.364. The minimum atomic E-state index is -0.285. The summed E-state index contributed by atoms with van der Waals surface area (Å²) in [4.78, 5) is 26.9. The Morgan fingerprint density at radius 1 is 1.14 bits per heavy atom. The van der Waals surface area contributed by atoms with Crippen LogP contribution < -0.4 is 11.1 Å². The number of hydrogen-bond acceptors (Lipinski definition) is 3. The van der Waals surface area contributed by atoms with Crippen molar-refractivity contribution in [1.82, 2.24) is 10.2 Å². The van der Waals surface area contributed by atoms with E-state index in [1.54, 1.807) is 12.1 Å². The van der Waals surface area contributed by atoms with Crippen molar-refractivity contribution < 1.29 is 9.59 Å². The molecule has 0 bridgehead atoms. The van der Waals surface area contributed by atoms with Gasteiger partial charge in [0.2, 0.25) is 5.91 Å². The molecule has 0 unspecified atom stereocenters. The molecule has 6 heteroatoms. The van der Waals surface area contributed by atoms with E-state index in [-0.39, 0.29) is 30.3 Å². The molecule has 0 spiro atoms. The Bertz CT molecular complexity index is 812. The maximum absolute atomic E-state index is 12.8. The first kappa shape index (κ1) is 20.4. The van der Waals surface area contributed by atoms with E-state index in [9.17, 15) is 9.59 Å². The average Bonchev–Trinajstić information content (AvgIpc) is 3.17. The van der Waals surface area contributed by atoms with Crippen LogP contribution in [0.25, 0.3) is 0 Å². The highest BCUT2D eigenvalue weighted by molar-refractivity contribution is 6.31. The number of nitrogens with zero attached hydrogens (tertiary/aromatic N) is 1. The molecule has 1 saturated heterocycles. The molecule has 1 fully saturated rings. The van der Waals surface area contributed by atoms with Gasteiger partial charge in [0.25, 0.3) is 5.91 Å². The van der Waals surface area contributed by atoms with Gasteiger partial charge in [-0.2, -0.15) is 0 Å². The minimum absolute atomic E-state index is 0.0210. The number of halogens is 1. The van der Waals surface area contributed by atoms with Crippen LogP contribution in [0.5, 0.6) is 0 Å². The molecule has 0 saturated carbocycles. The molecule has 0 aliphatic carbocycles. The lowest BCUT2D eigenvalue weighted by Gasteiger charge is -2.26. The molecule has 2 aromatic rings. The van der Waals surface area contributed by atoms with E-state index in [0.717, 1.165) is 18.4 Å². The van der Waals surface area contributed by atoms with E-state index in [1.807, 2.05) is 47.4 Å². The minimum Gasteiger partial charge on any atom is -0.350 e. The summed E-state index contributed by atoms with van der Waals surface area (Å²) >= 11 is 6.19. The van der Waals surface area contributed by atoms with Crippen LogP contribution in [0.4, 0.5) is 0 Å². The summed E-state index contributed by atoms with van der Waals surface area (Å²) < 4.78 is 0. The molecular weight excluding hydrogens is 374 g/mol. The highest BCUT2D eigenvalue weighted by Gasteiger charge is 2.29. The molecule has 2 amide bonds. The third-order valence-electron chi connectivity index (χ3n) is 5.11. The van der Waals surface area contributed by atoms with Gasteiger partial charge in [-0.25, -0.2) is 0 Å². The summed E-state index contributed by atoms with van der Waals surface area (Å²) in [6, 6.07) is 16.4. The lowest BCUT2D eigenvalue weighted by Crippen LogP contribution is -2.45. The Morgan fingerprint density at radius 2 is 1.86 bits per heavy atom. The van der Waals surface area contributed by atoms with Crippen LogP contribution in [-0.2, 0) is 11.2 Å². The fourth-order valence-corrected chi connectivity index (χ4v) is 3.85. The van der Waals surface area contributed by atoms with Crippen molar-refractivity contribution in [1.29, 1.82) is 0 Å². The second-order valence-corrected chi connectivity index (χ2v) is 7.63. The number of amides is 2. The van der Waals surface area contributed by atoms with Crippen molar-refractivity contribution in [3.63, 3.8) is 0 Å². The van der Waals surface area contributed by atoms with Gasteiger partial charge in [0.15, 0.2) is 0 Å². The third kappa shape index (κ3) is 5.33. The molecule has 0 radical (unpaired) electrons. The van der Waals surface area contributed by atoms with Gasteiger partial charge in [0.05, 0.1) is 0 Å². The molecule has 5 nitrogen and oxygen atoms in total. The summed E-state index contributed by atoms with van der Waals surface area (Å²) in [5, 5.41) is 3.62. The van der Waals surface area contributed by atoms with Gasteiger partial charge in [0, 0.05) is 42.2 Å². The zero-order chi connectivity index (χ0) is 19.9. The van der Waals surface area contributed by atoms with Crippen LogP contribution in [0.15, 0.2) is 54.6 Å². The molecule has 148 valence electrons. The molecule has 2 atom stereocenters. The van der Waals surface area contributed by atoms with Gasteiger partial charge >= 0.3 is 0 Å². The van der Waals surface area contributed by atoms with Crippen molar-refractivity contribution in [3.8, 4) is 0 Å². The standard InChI is InChI=1S/C22H26ClN3O2/c23-20-11-5-4-9-17(20)13-18(24)14-21(27)26-12-6-10-19(26)15-25-22(28)16-7-2-1-3-8-16/h1-5,7-9,11,18-19H,6,10,12-15,24H2,(H,25,28)/t18-,19+/m1/s1. The zero-order valence-electron chi connectivity index (χ0n) is 15.8. The maximum atomic E-state index is 12.8. The van der Waals surface area contributed by atoms with Crippen molar-refractivity contribution >= 4 is 23.4 Å². The number of hydrogen-bond donors (Lipinski definition) is 2. The predicted molar refractivity (Wildman–Crippen MR) is 111 cm³/mol. The Labute approximate surface area is 170 Å². The molecule has 1 aliphatic rings. The van der Waals surface area contributed by atoms with Gasteiger partial charge in [-0.05, 0) is 43.0 Å². The molecule has 0 aromatic heterocycles. The van der Waals surface area contributed by atoms with Crippen molar-refractivity contribution in [3.05, 3.63) is 70.7 Å². The van der Waals surface area contributed by atoms with E-state index in [0.29, 0.717) is 30.1 Å². The first-order chi connectivity index (χ1) is 13.5. The van der Waals surface area contributed by atoms with Crippen molar-refractivity contribution in [2.45, 2.75) is 37.8 Å². The molecule has 3 rings (SSSR count). The highest BCUT2D eigenvalue weighted by Crippen LogP contribution is 2.20. The number of nitrogens with two attached hydrogens (primary N) is 1. The first-order valence-corrected chi connectivity index (χ1v) is 10.0. The summed E-state index contributed by atoms with van der Waals surface area (Å²) in [5.41, 5.74) is 7.79. The zero-order valence-corrected chi connectivity index (χ0v) is 16.6. The van der Waals surface area contributed by atoms with E-state index in [4.69, 9.17) is 17.3 Å². The molecule has 2 aromatic carbocycles. The first-order valence-electron chi connectivity index (χ1n) is 9.66. The van der Waals surface area contributed by atoms with E-state index in [1.165, 1.54) is 0 Å². The second-order valence-electron chi connectivity index (χ2n) is 7.22. The lowest BCUT2D eigenvalue weighted by molar-refractivity contribution is -0.132. The highest BCUT2D eigenvalue weighted by atomic mass is 35.5. The summed E-state index contributed by atoms with van der Waals surface area (Å²) in [5.74, 6) is -0.0775. The molecule has 1 heterocycles. The normalized spacial score (nSPS) is 17.4. The van der Waals surface area contributed by atoms with E-state index >= 15 is 0 Å². The fourth-order valence-electron chi connectivity index (χ4n) is 3.64. The number of rotatable bonds is 7. The van der Waals surface area contributed by atoms with Gasteiger partial charge in [-0.3, -0.25) is 9.59 Å². The molecule has 28 heavy (non-hydrogen) atoms. The number of benzene rings is 2. The number of nitrogens with one attached hydrogen (secondary N) is 1. The van der Waals surface area contributed by atoms with Crippen LogP contribution in [0.1, 0.15) is 35.2 Å². The van der Waals surface area contributed by atoms with Crippen LogP contribution in [0.2, 0.25) is 5.02 Å². The van der Waals surface area contributed by atoms with Crippen LogP contribution in [-0.4, -0.2) is 41.9 Å². The monoisotopic (exact) mass is 399 g/mol. The van der Waals surface area contributed by atoms with Gasteiger partial charge < -0.3 is 16.0 Å². The van der Waals surface area contributed by atoms with Gasteiger partial charge in [-0.15, -0.1) is 0 Å². The Balaban J connectivity index is 1.51. The van der Waals surface area contributed by atoms with Gasteiger partial charge in [0.1, 0.15) is 0 Å². The predicted octanol–water partition coefficient (Wildman–Crippen LogP) is 3.02. The average molecular weight is 400 g/mol. The van der Waals surface area contributed by atoms with Crippen LogP contribution in [0, 0.1) is 0 Å². The van der Waals surface area contributed by atoms with Crippen molar-refractivity contribution in [2.75, 3.05) is 13.1 Å².